The second kappa shape index (κ2) is 5.08. The Morgan fingerprint density at radius 3 is 2.62 bits per heavy atom. The van der Waals surface area contributed by atoms with Crippen LogP contribution in [0.4, 0.5) is 0 Å². The largest absolute Gasteiger partial charge is 0.345 e. The van der Waals surface area contributed by atoms with E-state index in [0.29, 0.717) is 16.8 Å². The molecule has 1 aliphatic heterocycles. The highest BCUT2D eigenvalue weighted by Gasteiger charge is 2.27. The van der Waals surface area contributed by atoms with Gasteiger partial charge >= 0.3 is 0 Å². The van der Waals surface area contributed by atoms with E-state index in [2.05, 4.69) is 5.32 Å². The zero-order chi connectivity index (χ0) is 11.0. The minimum atomic E-state index is 0. The zero-order valence-electron chi connectivity index (χ0n) is 9.24. The summed E-state index contributed by atoms with van der Waals surface area (Å²) in [5, 5.41) is 3.74. The Morgan fingerprint density at radius 2 is 2.25 bits per heavy atom. The van der Waals surface area contributed by atoms with Gasteiger partial charge in [-0.05, 0) is 6.07 Å². The van der Waals surface area contributed by atoms with Gasteiger partial charge in [-0.25, -0.2) is 0 Å². The molecule has 4 nitrogen and oxygen atoms in total. The standard InChI is InChI=1S/C10H14ClN3O.ClH/c1-13-6-7(11)3-9(13)10(15)14(2)8-4-12-5-8;/h3,6,8,12H,4-5H2,1-2H3;1H. The summed E-state index contributed by atoms with van der Waals surface area (Å²) < 4.78 is 1.76. The van der Waals surface area contributed by atoms with Gasteiger partial charge in [0.25, 0.3) is 5.91 Å². The molecule has 0 aromatic carbocycles. The molecule has 2 heterocycles. The number of carbonyl (C=O) groups excluding carboxylic acids is 1. The lowest BCUT2D eigenvalue weighted by molar-refractivity contribution is 0.0671. The van der Waals surface area contributed by atoms with E-state index in [1.165, 1.54) is 0 Å². The summed E-state index contributed by atoms with van der Waals surface area (Å²) in [6, 6.07) is 2.01. The van der Waals surface area contributed by atoms with Gasteiger partial charge in [0.1, 0.15) is 5.69 Å². The van der Waals surface area contributed by atoms with Crippen LogP contribution in [-0.2, 0) is 7.05 Å². The molecular weight excluding hydrogens is 249 g/mol. The number of hydrogen-bond acceptors (Lipinski definition) is 2. The van der Waals surface area contributed by atoms with Crippen molar-refractivity contribution in [1.29, 1.82) is 0 Å². The van der Waals surface area contributed by atoms with Crippen molar-refractivity contribution in [2.45, 2.75) is 6.04 Å². The zero-order valence-corrected chi connectivity index (χ0v) is 10.8. The smallest absolute Gasteiger partial charge is 0.270 e. The molecule has 2 rings (SSSR count). The number of nitrogens with one attached hydrogen (secondary N) is 1. The molecule has 0 unspecified atom stereocenters. The average molecular weight is 264 g/mol. The van der Waals surface area contributed by atoms with Crippen LogP contribution in [0.25, 0.3) is 0 Å². The SMILES string of the molecule is CN(C(=O)c1cc(Cl)cn1C)C1CNC1.Cl. The summed E-state index contributed by atoms with van der Waals surface area (Å²) in [4.78, 5) is 13.8. The van der Waals surface area contributed by atoms with Crippen LogP contribution in [0.3, 0.4) is 0 Å². The maximum Gasteiger partial charge on any atom is 0.270 e. The van der Waals surface area contributed by atoms with E-state index in [9.17, 15) is 4.79 Å². The fraction of sp³-hybridized carbons (Fsp3) is 0.500. The van der Waals surface area contributed by atoms with Gasteiger partial charge in [0.15, 0.2) is 0 Å². The van der Waals surface area contributed by atoms with Crippen molar-refractivity contribution in [3.8, 4) is 0 Å². The van der Waals surface area contributed by atoms with Crippen molar-refractivity contribution >= 4 is 29.9 Å². The first-order chi connectivity index (χ1) is 7.09. The molecule has 0 aliphatic carbocycles. The number of nitrogens with zero attached hydrogens (tertiary/aromatic N) is 2. The Kier molecular flexibility index (Phi) is 4.24. The van der Waals surface area contributed by atoms with Crippen molar-refractivity contribution in [2.24, 2.45) is 7.05 Å². The highest BCUT2D eigenvalue weighted by atomic mass is 35.5. The average Bonchev–Trinajstić information content (AvgIpc) is 2.41. The van der Waals surface area contributed by atoms with Crippen LogP contribution >= 0.6 is 24.0 Å². The highest BCUT2D eigenvalue weighted by Crippen LogP contribution is 2.15. The topological polar surface area (TPSA) is 37.3 Å². The number of hydrogen-bond donors (Lipinski definition) is 1. The molecule has 0 spiro atoms. The van der Waals surface area contributed by atoms with E-state index in [4.69, 9.17) is 11.6 Å². The number of aromatic nitrogens is 1. The van der Waals surface area contributed by atoms with Crippen molar-refractivity contribution in [3.05, 3.63) is 23.0 Å². The molecule has 6 heteroatoms. The predicted molar refractivity (Wildman–Crippen MR) is 66.4 cm³/mol. The first-order valence-corrected chi connectivity index (χ1v) is 5.27. The lowest BCUT2D eigenvalue weighted by atomic mass is 10.1. The first-order valence-electron chi connectivity index (χ1n) is 4.89. The molecule has 0 atom stereocenters. The molecule has 1 aromatic heterocycles. The Labute approximate surface area is 106 Å². The van der Waals surface area contributed by atoms with Gasteiger partial charge < -0.3 is 14.8 Å². The molecule has 0 bridgehead atoms. The third-order valence-corrected chi connectivity index (χ3v) is 3.03. The lowest BCUT2D eigenvalue weighted by Crippen LogP contribution is -2.57. The molecule has 0 saturated carbocycles. The van der Waals surface area contributed by atoms with Gasteiger partial charge in [0.05, 0.1) is 11.1 Å². The normalized spacial score (nSPS) is 15.2. The number of aryl methyl sites for hydroxylation is 1. The molecule has 16 heavy (non-hydrogen) atoms. The first kappa shape index (κ1) is 13.4. The molecule has 1 fully saturated rings. The van der Waals surface area contributed by atoms with E-state index in [1.54, 1.807) is 21.7 Å². The summed E-state index contributed by atoms with van der Waals surface area (Å²) in [5.41, 5.74) is 0.634. The second-order valence-electron chi connectivity index (χ2n) is 3.88. The van der Waals surface area contributed by atoms with Crippen LogP contribution < -0.4 is 5.32 Å². The summed E-state index contributed by atoms with van der Waals surface area (Å²) >= 11 is 5.84. The fourth-order valence-electron chi connectivity index (χ4n) is 1.63. The third kappa shape index (κ3) is 2.34. The molecule has 0 radical (unpaired) electrons. The Balaban J connectivity index is 0.00000128. The number of rotatable bonds is 2. The van der Waals surface area contributed by atoms with Crippen molar-refractivity contribution in [3.63, 3.8) is 0 Å². The maximum atomic E-state index is 12.0. The second-order valence-corrected chi connectivity index (χ2v) is 4.32. The highest BCUT2D eigenvalue weighted by molar-refractivity contribution is 6.31. The third-order valence-electron chi connectivity index (χ3n) is 2.82. The summed E-state index contributed by atoms with van der Waals surface area (Å²) in [6.07, 6.45) is 1.74. The minimum Gasteiger partial charge on any atom is -0.345 e. The van der Waals surface area contributed by atoms with Crippen molar-refractivity contribution in [2.75, 3.05) is 20.1 Å². The molecule has 1 amide bonds. The van der Waals surface area contributed by atoms with E-state index in [-0.39, 0.29) is 18.3 Å². The van der Waals surface area contributed by atoms with Crippen LogP contribution in [0.1, 0.15) is 10.5 Å². The van der Waals surface area contributed by atoms with E-state index >= 15 is 0 Å². The quantitative estimate of drug-likeness (QED) is 0.869. The van der Waals surface area contributed by atoms with E-state index in [0.717, 1.165) is 13.1 Å². The van der Waals surface area contributed by atoms with Gasteiger partial charge in [-0.15, -0.1) is 12.4 Å². The lowest BCUT2D eigenvalue weighted by Gasteiger charge is -2.35. The molecule has 1 saturated heterocycles. The van der Waals surface area contributed by atoms with Gasteiger partial charge in [-0.3, -0.25) is 4.79 Å². The number of carbonyl (C=O) groups is 1. The molecular formula is C10H15Cl2N3O. The number of likely N-dealkylation sites (N-methyl/N-ethyl adjacent to an activating group) is 1. The Hall–Kier alpha value is -0.710. The monoisotopic (exact) mass is 263 g/mol. The maximum absolute atomic E-state index is 12.0. The van der Waals surface area contributed by atoms with E-state index < -0.39 is 0 Å². The van der Waals surface area contributed by atoms with Crippen LogP contribution in [0, 0.1) is 0 Å². The van der Waals surface area contributed by atoms with Crippen LogP contribution in [0.5, 0.6) is 0 Å². The summed E-state index contributed by atoms with van der Waals surface area (Å²) in [5.74, 6) is 0.0240. The summed E-state index contributed by atoms with van der Waals surface area (Å²) in [7, 11) is 3.65. The minimum absolute atomic E-state index is 0. The number of halogens is 2. The van der Waals surface area contributed by atoms with Crippen molar-refractivity contribution < 1.29 is 4.79 Å². The molecule has 1 aromatic rings. The van der Waals surface area contributed by atoms with Crippen LogP contribution in [-0.4, -0.2) is 41.6 Å². The molecule has 1 N–H and O–H groups in total. The molecule has 1 aliphatic rings. The van der Waals surface area contributed by atoms with E-state index in [1.807, 2.05) is 14.1 Å². The van der Waals surface area contributed by atoms with Crippen LogP contribution in [0.2, 0.25) is 5.02 Å². The Bertz CT molecular complexity index is 387. The summed E-state index contributed by atoms with van der Waals surface area (Å²) in [6.45, 7) is 1.75. The Morgan fingerprint density at radius 1 is 1.62 bits per heavy atom. The predicted octanol–water partition coefficient (Wildman–Crippen LogP) is 1.14. The van der Waals surface area contributed by atoms with Gasteiger partial charge in [-0.1, -0.05) is 11.6 Å². The number of amides is 1. The molecule has 90 valence electrons. The van der Waals surface area contributed by atoms with Gasteiger partial charge in [0, 0.05) is 33.4 Å². The van der Waals surface area contributed by atoms with Gasteiger partial charge in [0.2, 0.25) is 0 Å². The van der Waals surface area contributed by atoms with Crippen LogP contribution in [0.15, 0.2) is 12.3 Å². The van der Waals surface area contributed by atoms with Gasteiger partial charge in [-0.2, -0.15) is 0 Å². The fourth-order valence-corrected chi connectivity index (χ4v) is 1.88. The van der Waals surface area contributed by atoms with Crippen molar-refractivity contribution in [1.82, 2.24) is 14.8 Å².